The molecule has 126 valence electrons. The van der Waals surface area contributed by atoms with Crippen LogP contribution in [0.4, 0.5) is 5.69 Å². The Morgan fingerprint density at radius 2 is 1.88 bits per heavy atom. The van der Waals surface area contributed by atoms with Gasteiger partial charge in [-0.1, -0.05) is 24.3 Å². The van der Waals surface area contributed by atoms with E-state index in [0.29, 0.717) is 23.5 Å². The Balaban J connectivity index is 2.08. The molecule has 5 nitrogen and oxygen atoms in total. The number of carbonyl (C=O) groups is 2. The first-order valence-corrected chi connectivity index (χ1v) is 7.92. The summed E-state index contributed by atoms with van der Waals surface area (Å²) in [6, 6.07) is 14.4. The van der Waals surface area contributed by atoms with Gasteiger partial charge in [-0.15, -0.1) is 0 Å². The van der Waals surface area contributed by atoms with E-state index in [1.165, 1.54) is 0 Å². The van der Waals surface area contributed by atoms with Crippen LogP contribution in [0.3, 0.4) is 0 Å². The van der Waals surface area contributed by atoms with Gasteiger partial charge < -0.3 is 15.4 Å². The molecule has 0 saturated carbocycles. The van der Waals surface area contributed by atoms with Gasteiger partial charge in [0.05, 0.1) is 11.3 Å². The molecule has 2 amide bonds. The highest BCUT2D eigenvalue weighted by atomic mass is 16.5. The fourth-order valence-electron chi connectivity index (χ4n) is 2.23. The van der Waals surface area contributed by atoms with Gasteiger partial charge >= 0.3 is 0 Å². The average molecular weight is 326 g/mol. The minimum absolute atomic E-state index is 0.222. The van der Waals surface area contributed by atoms with Gasteiger partial charge in [0.2, 0.25) is 0 Å². The summed E-state index contributed by atoms with van der Waals surface area (Å²) >= 11 is 0. The molecule has 0 spiro atoms. The lowest BCUT2D eigenvalue weighted by Crippen LogP contribution is -2.31. The number of hydrogen-bond donors (Lipinski definition) is 2. The molecule has 0 fully saturated rings. The van der Waals surface area contributed by atoms with Crippen molar-refractivity contribution in [3.63, 3.8) is 0 Å². The highest BCUT2D eigenvalue weighted by Gasteiger charge is 2.18. The lowest BCUT2D eigenvalue weighted by molar-refractivity contribution is -0.122. The molecule has 0 bridgehead atoms. The van der Waals surface area contributed by atoms with Gasteiger partial charge in [-0.3, -0.25) is 9.59 Å². The van der Waals surface area contributed by atoms with Gasteiger partial charge in [-0.2, -0.15) is 0 Å². The molecule has 0 aliphatic rings. The SMILES string of the molecule is CCNC(=O)c1ccccc1NC(=O)C(C)Oc1cccc(C)c1. The number of para-hydroxylation sites is 1. The van der Waals surface area contributed by atoms with E-state index in [-0.39, 0.29) is 11.8 Å². The van der Waals surface area contributed by atoms with E-state index in [4.69, 9.17) is 4.74 Å². The van der Waals surface area contributed by atoms with Gasteiger partial charge in [-0.25, -0.2) is 0 Å². The Morgan fingerprint density at radius 3 is 2.58 bits per heavy atom. The molecule has 0 heterocycles. The molecule has 24 heavy (non-hydrogen) atoms. The summed E-state index contributed by atoms with van der Waals surface area (Å²) in [4.78, 5) is 24.4. The summed E-state index contributed by atoms with van der Waals surface area (Å²) < 4.78 is 5.66. The number of anilines is 1. The molecule has 2 aromatic carbocycles. The molecule has 2 N–H and O–H groups in total. The second-order valence-electron chi connectivity index (χ2n) is 5.47. The number of rotatable bonds is 6. The summed E-state index contributed by atoms with van der Waals surface area (Å²) in [6.07, 6.45) is -0.686. The number of ether oxygens (including phenoxy) is 1. The van der Waals surface area contributed by atoms with E-state index in [9.17, 15) is 9.59 Å². The topological polar surface area (TPSA) is 67.4 Å². The fraction of sp³-hybridized carbons (Fsp3) is 0.263. The molecule has 0 aliphatic carbocycles. The zero-order valence-electron chi connectivity index (χ0n) is 14.1. The highest BCUT2D eigenvalue weighted by molar-refractivity contribution is 6.04. The number of hydrogen-bond acceptors (Lipinski definition) is 3. The molecule has 1 atom stereocenters. The van der Waals surface area contributed by atoms with Gasteiger partial charge in [0.1, 0.15) is 5.75 Å². The molecule has 5 heteroatoms. The molecule has 0 radical (unpaired) electrons. The first-order valence-electron chi connectivity index (χ1n) is 7.92. The van der Waals surface area contributed by atoms with Crippen molar-refractivity contribution in [2.75, 3.05) is 11.9 Å². The number of carbonyl (C=O) groups excluding carboxylic acids is 2. The lowest BCUT2D eigenvalue weighted by Gasteiger charge is -2.16. The first-order chi connectivity index (χ1) is 11.5. The molecule has 2 rings (SSSR count). The summed E-state index contributed by atoms with van der Waals surface area (Å²) in [6.45, 7) is 6.00. The van der Waals surface area contributed by atoms with Crippen LogP contribution < -0.4 is 15.4 Å². The van der Waals surface area contributed by atoms with Crippen LogP contribution in [0.2, 0.25) is 0 Å². The normalized spacial score (nSPS) is 11.5. The van der Waals surface area contributed by atoms with Gasteiger partial charge in [0.25, 0.3) is 11.8 Å². The molecule has 0 saturated heterocycles. The monoisotopic (exact) mass is 326 g/mol. The van der Waals surface area contributed by atoms with Gasteiger partial charge in [-0.05, 0) is 50.6 Å². The van der Waals surface area contributed by atoms with Crippen molar-refractivity contribution in [2.24, 2.45) is 0 Å². The summed E-state index contributed by atoms with van der Waals surface area (Å²) in [7, 11) is 0. The Bertz CT molecular complexity index is 728. The van der Waals surface area contributed by atoms with Crippen LogP contribution in [-0.4, -0.2) is 24.5 Å². The van der Waals surface area contributed by atoms with Gasteiger partial charge in [0.15, 0.2) is 6.10 Å². The third kappa shape index (κ3) is 4.59. The summed E-state index contributed by atoms with van der Waals surface area (Å²) in [5.74, 6) is 0.101. The van der Waals surface area contributed by atoms with Crippen LogP contribution in [0.15, 0.2) is 48.5 Å². The van der Waals surface area contributed by atoms with Crippen molar-refractivity contribution in [1.29, 1.82) is 0 Å². The minimum Gasteiger partial charge on any atom is -0.481 e. The molecular weight excluding hydrogens is 304 g/mol. The summed E-state index contributed by atoms with van der Waals surface area (Å²) in [5, 5.41) is 5.49. The smallest absolute Gasteiger partial charge is 0.265 e. The molecule has 0 aromatic heterocycles. The van der Waals surface area contributed by atoms with Crippen molar-refractivity contribution in [3.8, 4) is 5.75 Å². The standard InChI is InChI=1S/C19H22N2O3/c1-4-20-19(23)16-10-5-6-11-17(16)21-18(22)14(3)24-15-9-7-8-13(2)12-15/h5-12,14H,4H2,1-3H3,(H,20,23)(H,21,22). The maximum absolute atomic E-state index is 12.4. The van der Waals surface area contributed by atoms with E-state index in [1.807, 2.05) is 32.0 Å². The Morgan fingerprint density at radius 1 is 1.12 bits per heavy atom. The van der Waals surface area contributed by atoms with Crippen LogP contribution in [0.1, 0.15) is 29.8 Å². The number of nitrogens with one attached hydrogen (secondary N) is 2. The quantitative estimate of drug-likeness (QED) is 0.857. The van der Waals surface area contributed by atoms with Crippen molar-refractivity contribution >= 4 is 17.5 Å². The Labute approximate surface area is 142 Å². The first kappa shape index (κ1) is 17.5. The van der Waals surface area contributed by atoms with E-state index < -0.39 is 6.10 Å². The van der Waals surface area contributed by atoms with E-state index >= 15 is 0 Å². The number of benzene rings is 2. The largest absolute Gasteiger partial charge is 0.481 e. The molecule has 2 aromatic rings. The second-order valence-corrected chi connectivity index (χ2v) is 5.47. The maximum Gasteiger partial charge on any atom is 0.265 e. The number of amides is 2. The highest BCUT2D eigenvalue weighted by Crippen LogP contribution is 2.17. The van der Waals surface area contributed by atoms with Crippen molar-refractivity contribution in [3.05, 3.63) is 59.7 Å². The third-order valence-electron chi connectivity index (χ3n) is 3.44. The van der Waals surface area contributed by atoms with Crippen LogP contribution in [0.5, 0.6) is 5.75 Å². The molecular formula is C19H22N2O3. The van der Waals surface area contributed by atoms with Crippen LogP contribution in [0, 0.1) is 6.92 Å². The van der Waals surface area contributed by atoms with E-state index in [2.05, 4.69) is 10.6 Å². The van der Waals surface area contributed by atoms with Crippen LogP contribution >= 0.6 is 0 Å². The predicted molar refractivity (Wildman–Crippen MR) is 94.3 cm³/mol. The lowest BCUT2D eigenvalue weighted by atomic mass is 10.1. The molecule has 0 aliphatic heterocycles. The van der Waals surface area contributed by atoms with Crippen molar-refractivity contribution in [2.45, 2.75) is 26.9 Å². The second kappa shape index (κ2) is 8.15. The van der Waals surface area contributed by atoms with E-state index in [1.54, 1.807) is 37.3 Å². The maximum atomic E-state index is 12.4. The van der Waals surface area contributed by atoms with Crippen LogP contribution in [0.25, 0.3) is 0 Å². The summed E-state index contributed by atoms with van der Waals surface area (Å²) in [5.41, 5.74) is 1.95. The molecule has 1 unspecified atom stereocenters. The minimum atomic E-state index is -0.686. The van der Waals surface area contributed by atoms with Crippen molar-refractivity contribution < 1.29 is 14.3 Å². The predicted octanol–water partition coefficient (Wildman–Crippen LogP) is 3.15. The average Bonchev–Trinajstić information content (AvgIpc) is 2.55. The van der Waals surface area contributed by atoms with Gasteiger partial charge in [0, 0.05) is 6.54 Å². The third-order valence-corrected chi connectivity index (χ3v) is 3.44. The zero-order valence-corrected chi connectivity index (χ0v) is 14.1. The fourth-order valence-corrected chi connectivity index (χ4v) is 2.23. The number of aryl methyl sites for hydroxylation is 1. The Kier molecular flexibility index (Phi) is 5.95. The van der Waals surface area contributed by atoms with Crippen molar-refractivity contribution in [1.82, 2.24) is 5.32 Å². The van der Waals surface area contributed by atoms with Crippen LogP contribution in [-0.2, 0) is 4.79 Å². The Hall–Kier alpha value is -2.82. The van der Waals surface area contributed by atoms with E-state index in [0.717, 1.165) is 5.56 Å². The zero-order chi connectivity index (χ0) is 17.5.